The number of aromatic nitrogens is 1. The number of hydrogen-bond acceptors (Lipinski definition) is 3. The zero-order chi connectivity index (χ0) is 22.2. The van der Waals surface area contributed by atoms with Gasteiger partial charge in [0.1, 0.15) is 0 Å². The lowest BCUT2D eigenvalue weighted by Gasteiger charge is -2.46. The molecule has 1 saturated heterocycles. The molecule has 1 aromatic heterocycles. The van der Waals surface area contributed by atoms with Crippen molar-refractivity contribution in [2.75, 3.05) is 13.1 Å². The monoisotopic (exact) mass is 425 g/mol. The number of hydrogen-bond donors (Lipinski definition) is 4. The van der Waals surface area contributed by atoms with Crippen molar-refractivity contribution in [3.05, 3.63) is 35.5 Å². The minimum absolute atomic E-state index is 0.00431. The Morgan fingerprint density at radius 3 is 2.58 bits per heavy atom. The van der Waals surface area contributed by atoms with Crippen LogP contribution in [-0.2, 0) is 17.8 Å². The molecule has 0 saturated carbocycles. The number of aromatic amines is 1. The second-order valence-electron chi connectivity index (χ2n) is 10.3. The smallest absolute Gasteiger partial charge is 0.317 e. The van der Waals surface area contributed by atoms with Crippen LogP contribution in [-0.4, -0.2) is 52.0 Å². The fraction of sp³-hybridized carbons (Fsp3) is 0.583. The first kappa shape index (κ1) is 21.7. The van der Waals surface area contributed by atoms with Gasteiger partial charge in [-0.05, 0) is 58.6 Å². The Labute approximate surface area is 184 Å². The number of amides is 3. The Balaban J connectivity index is 1.24. The highest BCUT2D eigenvalue weighted by molar-refractivity contribution is 5.85. The Morgan fingerprint density at radius 1 is 1.13 bits per heavy atom. The molecule has 0 atom stereocenters. The van der Waals surface area contributed by atoms with Crippen molar-refractivity contribution < 1.29 is 9.59 Å². The van der Waals surface area contributed by atoms with E-state index in [0.29, 0.717) is 26.1 Å². The predicted molar refractivity (Wildman–Crippen MR) is 123 cm³/mol. The van der Waals surface area contributed by atoms with Gasteiger partial charge in [0.2, 0.25) is 5.91 Å². The van der Waals surface area contributed by atoms with Gasteiger partial charge in [-0.3, -0.25) is 4.79 Å². The largest absolute Gasteiger partial charge is 0.357 e. The molecule has 4 rings (SSSR count). The molecule has 31 heavy (non-hydrogen) atoms. The molecule has 0 bridgehead atoms. The van der Waals surface area contributed by atoms with Gasteiger partial charge in [-0.15, -0.1) is 0 Å². The van der Waals surface area contributed by atoms with Gasteiger partial charge >= 0.3 is 6.03 Å². The van der Waals surface area contributed by atoms with E-state index in [0.717, 1.165) is 30.5 Å². The van der Waals surface area contributed by atoms with E-state index in [1.165, 1.54) is 10.9 Å². The second-order valence-corrected chi connectivity index (χ2v) is 10.3. The van der Waals surface area contributed by atoms with Crippen LogP contribution in [0.5, 0.6) is 0 Å². The minimum atomic E-state index is -0.110. The molecule has 2 aliphatic rings. The number of H-pyrrole nitrogens is 1. The van der Waals surface area contributed by atoms with Gasteiger partial charge in [0.25, 0.3) is 0 Å². The van der Waals surface area contributed by atoms with E-state index < -0.39 is 0 Å². The number of carbonyl (C=O) groups is 2. The molecule has 1 fully saturated rings. The summed E-state index contributed by atoms with van der Waals surface area (Å²) in [5.41, 5.74) is 3.52. The second kappa shape index (κ2) is 8.19. The highest BCUT2D eigenvalue weighted by atomic mass is 16.2. The summed E-state index contributed by atoms with van der Waals surface area (Å²) in [6.07, 6.45) is 2.93. The fourth-order valence-corrected chi connectivity index (χ4v) is 5.49. The van der Waals surface area contributed by atoms with Crippen LogP contribution in [0.15, 0.2) is 24.3 Å². The van der Waals surface area contributed by atoms with Crippen LogP contribution in [0, 0.1) is 0 Å². The van der Waals surface area contributed by atoms with E-state index >= 15 is 0 Å². The Kier molecular flexibility index (Phi) is 5.73. The average molecular weight is 426 g/mol. The molecule has 2 aliphatic heterocycles. The first-order valence-electron chi connectivity index (χ1n) is 11.3. The minimum Gasteiger partial charge on any atom is -0.357 e. The average Bonchev–Trinajstić information content (AvgIpc) is 3.03. The first-order valence-corrected chi connectivity index (χ1v) is 11.3. The number of piperidine rings is 1. The summed E-state index contributed by atoms with van der Waals surface area (Å²) < 4.78 is 0. The van der Waals surface area contributed by atoms with E-state index in [4.69, 9.17) is 0 Å². The first-order chi connectivity index (χ1) is 14.6. The molecule has 0 aliphatic carbocycles. The lowest BCUT2D eigenvalue weighted by atomic mass is 9.79. The van der Waals surface area contributed by atoms with E-state index in [1.807, 2.05) is 17.0 Å². The van der Waals surface area contributed by atoms with Crippen LogP contribution in [0.2, 0.25) is 0 Å². The summed E-state index contributed by atoms with van der Waals surface area (Å²) in [5, 5.41) is 11.0. The van der Waals surface area contributed by atoms with Gasteiger partial charge < -0.3 is 25.8 Å². The van der Waals surface area contributed by atoms with Crippen molar-refractivity contribution in [1.82, 2.24) is 25.8 Å². The SMILES string of the molecule is CC1(C)CC(NC(=O)CCNC(=O)N2CCc3c([nH]c4ccccc34)C2)CC(C)(C)N1. The van der Waals surface area contributed by atoms with Crippen molar-refractivity contribution in [2.24, 2.45) is 0 Å². The number of nitrogens with one attached hydrogen (secondary N) is 4. The number of nitrogens with zero attached hydrogens (tertiary/aromatic N) is 1. The van der Waals surface area contributed by atoms with Crippen molar-refractivity contribution in [1.29, 1.82) is 0 Å². The number of rotatable bonds is 4. The summed E-state index contributed by atoms with van der Waals surface area (Å²) in [6, 6.07) is 8.31. The molecule has 0 spiro atoms. The number of benzene rings is 1. The van der Waals surface area contributed by atoms with Crippen molar-refractivity contribution in [3.8, 4) is 0 Å². The number of urea groups is 1. The van der Waals surface area contributed by atoms with Crippen molar-refractivity contribution in [2.45, 2.75) is 77.0 Å². The lowest BCUT2D eigenvalue weighted by Crippen LogP contribution is -2.62. The van der Waals surface area contributed by atoms with E-state index in [9.17, 15) is 9.59 Å². The van der Waals surface area contributed by atoms with Crippen LogP contribution in [0.25, 0.3) is 10.9 Å². The topological polar surface area (TPSA) is 89.3 Å². The maximum atomic E-state index is 12.6. The van der Waals surface area contributed by atoms with Gasteiger partial charge in [-0.1, -0.05) is 18.2 Å². The standard InChI is InChI=1S/C24H35N5O2/c1-23(2)13-16(14-24(3,4)28-23)26-21(30)9-11-25-22(31)29-12-10-18-17-7-5-6-8-19(17)27-20(18)15-29/h5-8,16,27-28H,9-15H2,1-4H3,(H,25,31)(H,26,30). The molecule has 4 N–H and O–H groups in total. The molecule has 0 radical (unpaired) electrons. The van der Waals surface area contributed by atoms with Crippen LogP contribution < -0.4 is 16.0 Å². The molecule has 7 nitrogen and oxygen atoms in total. The maximum absolute atomic E-state index is 12.6. The summed E-state index contributed by atoms with van der Waals surface area (Å²) in [5.74, 6) is -0.00431. The summed E-state index contributed by atoms with van der Waals surface area (Å²) >= 11 is 0. The summed E-state index contributed by atoms with van der Waals surface area (Å²) in [4.78, 5) is 30.3. The Bertz CT molecular complexity index is 962. The highest BCUT2D eigenvalue weighted by Crippen LogP contribution is 2.29. The molecular weight excluding hydrogens is 390 g/mol. The molecular formula is C24H35N5O2. The molecule has 168 valence electrons. The number of fused-ring (bicyclic) bond motifs is 3. The Morgan fingerprint density at radius 2 is 1.84 bits per heavy atom. The summed E-state index contributed by atoms with van der Waals surface area (Å²) in [7, 11) is 0. The van der Waals surface area contributed by atoms with Crippen molar-refractivity contribution >= 4 is 22.8 Å². The van der Waals surface area contributed by atoms with Crippen molar-refractivity contribution in [3.63, 3.8) is 0 Å². The van der Waals surface area contributed by atoms with Crippen LogP contribution >= 0.6 is 0 Å². The van der Waals surface area contributed by atoms with Gasteiger partial charge in [-0.25, -0.2) is 4.79 Å². The number of carbonyl (C=O) groups excluding carboxylic acids is 2. The van der Waals surface area contributed by atoms with Gasteiger partial charge in [0.05, 0.1) is 6.54 Å². The molecule has 0 unspecified atom stereocenters. The highest BCUT2D eigenvalue weighted by Gasteiger charge is 2.38. The molecule has 2 aromatic rings. The van der Waals surface area contributed by atoms with Gasteiger partial charge in [0.15, 0.2) is 0 Å². The molecule has 1 aromatic carbocycles. The maximum Gasteiger partial charge on any atom is 0.317 e. The molecule has 7 heteroatoms. The van der Waals surface area contributed by atoms with E-state index in [2.05, 4.69) is 60.8 Å². The van der Waals surface area contributed by atoms with Crippen LogP contribution in [0.1, 0.15) is 58.2 Å². The normalized spacial score (nSPS) is 20.3. The zero-order valence-corrected chi connectivity index (χ0v) is 19.1. The van der Waals surface area contributed by atoms with Gasteiger partial charge in [0, 0.05) is 53.2 Å². The zero-order valence-electron chi connectivity index (χ0n) is 19.1. The molecule has 3 amide bonds. The van der Waals surface area contributed by atoms with E-state index in [1.54, 1.807) is 0 Å². The van der Waals surface area contributed by atoms with E-state index in [-0.39, 0.29) is 29.1 Å². The Hall–Kier alpha value is -2.54. The quantitative estimate of drug-likeness (QED) is 0.607. The lowest BCUT2D eigenvalue weighted by molar-refractivity contribution is -0.122. The van der Waals surface area contributed by atoms with Crippen LogP contribution in [0.4, 0.5) is 4.79 Å². The third kappa shape index (κ3) is 5.03. The van der Waals surface area contributed by atoms with Gasteiger partial charge in [-0.2, -0.15) is 0 Å². The number of para-hydroxylation sites is 1. The summed E-state index contributed by atoms with van der Waals surface area (Å²) in [6.45, 7) is 10.3. The predicted octanol–water partition coefficient (Wildman–Crippen LogP) is 3.05. The third-order valence-electron chi connectivity index (χ3n) is 6.35. The van der Waals surface area contributed by atoms with Crippen LogP contribution in [0.3, 0.4) is 0 Å². The third-order valence-corrected chi connectivity index (χ3v) is 6.35. The molecule has 3 heterocycles. The fourth-order valence-electron chi connectivity index (χ4n) is 5.49.